The highest BCUT2D eigenvalue weighted by molar-refractivity contribution is 6.33. The van der Waals surface area contributed by atoms with Crippen molar-refractivity contribution in [3.63, 3.8) is 0 Å². The second kappa shape index (κ2) is 9.43. The van der Waals surface area contributed by atoms with E-state index >= 15 is 0 Å². The van der Waals surface area contributed by atoms with Crippen LogP contribution in [0.3, 0.4) is 0 Å². The van der Waals surface area contributed by atoms with E-state index in [1.54, 1.807) is 13.2 Å². The smallest absolute Gasteiger partial charge is 0.299 e. The molecule has 0 aliphatic carbocycles. The van der Waals surface area contributed by atoms with Crippen LogP contribution >= 0.6 is 11.6 Å². The van der Waals surface area contributed by atoms with E-state index in [9.17, 15) is 0 Å². The minimum Gasteiger partial charge on any atom is -0.456 e. The Hall–Kier alpha value is -2.65. The number of anilines is 1. The van der Waals surface area contributed by atoms with Crippen molar-refractivity contribution >= 4 is 28.5 Å². The molecular weight excluding hydrogens is 468 g/mol. The molecule has 0 spiro atoms. The van der Waals surface area contributed by atoms with Crippen molar-refractivity contribution in [1.29, 1.82) is 0 Å². The van der Waals surface area contributed by atoms with Gasteiger partial charge in [0.1, 0.15) is 18.3 Å². The third-order valence-electron chi connectivity index (χ3n) is 7.11. The van der Waals surface area contributed by atoms with Gasteiger partial charge in [-0.15, -0.1) is 6.58 Å². The molecule has 0 bridgehead atoms. The van der Waals surface area contributed by atoms with Gasteiger partial charge in [0.05, 0.1) is 29.4 Å². The average Bonchev–Trinajstić information content (AvgIpc) is 3.66. The molecule has 184 valence electrons. The summed E-state index contributed by atoms with van der Waals surface area (Å²) in [5, 5.41) is 0.564. The molecule has 0 amide bonds. The van der Waals surface area contributed by atoms with E-state index < -0.39 is 0 Å². The lowest BCUT2D eigenvalue weighted by molar-refractivity contribution is -0.0148. The van der Waals surface area contributed by atoms with Gasteiger partial charge >= 0.3 is 0 Å². The highest BCUT2D eigenvalue weighted by Gasteiger charge is 2.49. The molecule has 8 nitrogen and oxygen atoms in total. The molecule has 3 aromatic rings. The molecule has 9 heteroatoms. The van der Waals surface area contributed by atoms with Crippen LogP contribution in [0.25, 0.3) is 22.4 Å². The molecule has 6 rings (SSSR count). The third kappa shape index (κ3) is 4.08. The zero-order chi connectivity index (χ0) is 23.9. The maximum atomic E-state index is 6.73. The summed E-state index contributed by atoms with van der Waals surface area (Å²) in [6.07, 6.45) is 3.60. The second-order valence-corrected chi connectivity index (χ2v) is 9.63. The van der Waals surface area contributed by atoms with E-state index in [0.29, 0.717) is 42.1 Å². The van der Waals surface area contributed by atoms with E-state index in [1.165, 1.54) is 18.5 Å². The predicted octanol–water partition coefficient (Wildman–Crippen LogP) is 4.10. The number of aromatic nitrogens is 3. The number of rotatable bonds is 7. The van der Waals surface area contributed by atoms with Gasteiger partial charge in [-0.25, -0.2) is 4.98 Å². The number of imidazole rings is 1. The summed E-state index contributed by atoms with van der Waals surface area (Å²) >= 11 is 6.73. The highest BCUT2D eigenvalue weighted by Crippen LogP contribution is 2.35. The van der Waals surface area contributed by atoms with Gasteiger partial charge in [-0.3, -0.25) is 4.57 Å². The van der Waals surface area contributed by atoms with Gasteiger partial charge < -0.3 is 23.8 Å². The van der Waals surface area contributed by atoms with Crippen LogP contribution in [0, 0.1) is 0 Å². The predicted molar refractivity (Wildman–Crippen MR) is 134 cm³/mol. The van der Waals surface area contributed by atoms with Crippen molar-refractivity contribution in [2.24, 2.45) is 0 Å². The van der Waals surface area contributed by atoms with Gasteiger partial charge in [0.15, 0.2) is 11.8 Å². The zero-order valence-corrected chi connectivity index (χ0v) is 20.5. The zero-order valence-electron chi connectivity index (χ0n) is 19.7. The van der Waals surface area contributed by atoms with Gasteiger partial charge in [-0.05, 0) is 31.0 Å². The van der Waals surface area contributed by atoms with Gasteiger partial charge in [0.25, 0.3) is 6.01 Å². The summed E-state index contributed by atoms with van der Waals surface area (Å²) in [5.74, 6) is 0. The molecule has 1 aromatic carbocycles. The minimum atomic E-state index is -0.284. The quantitative estimate of drug-likeness (QED) is 0.456. The largest absolute Gasteiger partial charge is 0.456 e. The number of nitrogens with zero attached hydrogens (tertiary/aromatic N) is 4. The first-order chi connectivity index (χ1) is 17.2. The average molecular weight is 497 g/mol. The fourth-order valence-corrected chi connectivity index (χ4v) is 5.53. The van der Waals surface area contributed by atoms with Crippen molar-refractivity contribution in [1.82, 2.24) is 14.5 Å². The molecular formula is C26H29ClN4O4. The molecule has 3 saturated heterocycles. The number of benzene rings is 1. The fourth-order valence-electron chi connectivity index (χ4n) is 5.28. The number of fused-ring (bicyclic) bond motifs is 2. The van der Waals surface area contributed by atoms with Crippen molar-refractivity contribution in [3.8, 4) is 17.3 Å². The lowest BCUT2D eigenvalue weighted by Gasteiger charge is -2.18. The Morgan fingerprint density at radius 1 is 1.09 bits per heavy atom. The van der Waals surface area contributed by atoms with Crippen LogP contribution in [0.5, 0.6) is 6.01 Å². The fraction of sp³-hybridized carbons (Fsp3) is 0.462. The Morgan fingerprint density at radius 3 is 2.51 bits per heavy atom. The molecule has 4 atom stereocenters. The number of hydrogen-bond acceptors (Lipinski definition) is 7. The Kier molecular flexibility index (Phi) is 6.14. The lowest BCUT2D eigenvalue weighted by atomic mass is 10.1. The minimum absolute atomic E-state index is 0.0829. The maximum absolute atomic E-state index is 6.73. The van der Waals surface area contributed by atoms with Crippen LogP contribution in [-0.4, -0.2) is 72.4 Å². The number of methoxy groups -OCH3 is 1. The summed E-state index contributed by atoms with van der Waals surface area (Å²) < 4.78 is 25.5. The molecule has 2 aromatic heterocycles. The molecule has 0 N–H and O–H groups in total. The SMILES string of the molecule is C=CCn1c(O[C@@H]2CO[C@H]3[C@@H]2OC[C@H]3OC)nc2nc(-c3ccc(N4CCCC4)cc3)c(Cl)cc21. The lowest BCUT2D eigenvalue weighted by Crippen LogP contribution is -2.35. The molecule has 3 aliphatic heterocycles. The van der Waals surface area contributed by atoms with Crippen LogP contribution in [0.2, 0.25) is 5.02 Å². The van der Waals surface area contributed by atoms with Crippen molar-refractivity contribution in [2.45, 2.75) is 43.8 Å². The first-order valence-corrected chi connectivity index (χ1v) is 12.5. The number of ether oxygens (including phenoxy) is 4. The molecule has 5 heterocycles. The van der Waals surface area contributed by atoms with Crippen molar-refractivity contribution in [2.75, 3.05) is 38.3 Å². The summed E-state index contributed by atoms with van der Waals surface area (Å²) in [7, 11) is 1.67. The van der Waals surface area contributed by atoms with Gasteiger partial charge in [0, 0.05) is 38.0 Å². The summed E-state index contributed by atoms with van der Waals surface area (Å²) in [6.45, 7) is 7.52. The third-order valence-corrected chi connectivity index (χ3v) is 7.39. The normalized spacial score (nSPS) is 25.9. The van der Waals surface area contributed by atoms with Gasteiger partial charge in [0.2, 0.25) is 0 Å². The van der Waals surface area contributed by atoms with Crippen LogP contribution < -0.4 is 9.64 Å². The maximum Gasteiger partial charge on any atom is 0.299 e. The number of hydrogen-bond donors (Lipinski definition) is 0. The van der Waals surface area contributed by atoms with Crippen LogP contribution in [0.1, 0.15) is 12.8 Å². The summed E-state index contributed by atoms with van der Waals surface area (Å²) in [6, 6.07) is 10.8. The molecule has 0 radical (unpaired) electrons. The van der Waals surface area contributed by atoms with E-state index in [1.807, 2.05) is 10.6 Å². The highest BCUT2D eigenvalue weighted by atomic mass is 35.5. The van der Waals surface area contributed by atoms with Gasteiger partial charge in [-0.1, -0.05) is 29.8 Å². The Bertz CT molecular complexity index is 1220. The second-order valence-electron chi connectivity index (χ2n) is 9.22. The molecule has 0 saturated carbocycles. The topological polar surface area (TPSA) is 70.9 Å². The Labute approximate surface area is 209 Å². The Morgan fingerprint density at radius 2 is 1.80 bits per heavy atom. The number of allylic oxidation sites excluding steroid dienone is 1. The van der Waals surface area contributed by atoms with Crippen molar-refractivity contribution in [3.05, 3.63) is 48.0 Å². The van der Waals surface area contributed by atoms with E-state index in [0.717, 1.165) is 24.2 Å². The molecule has 3 aliphatic rings. The number of pyridine rings is 1. The first-order valence-electron chi connectivity index (χ1n) is 12.1. The van der Waals surface area contributed by atoms with Crippen LogP contribution in [0.15, 0.2) is 43.0 Å². The Balaban J connectivity index is 1.30. The standard InChI is InChI=1S/C26H29ClN4O4/c1-3-10-31-19-13-18(27)22(16-6-8-17(9-7-16)30-11-4-5-12-30)28-25(19)29-26(31)35-21-15-34-23-20(32-2)14-33-24(21)23/h3,6-9,13,20-21,23-24H,1,4-5,10-12,14-15H2,2H3/t20-,21-,23-,24-/m1/s1. The summed E-state index contributed by atoms with van der Waals surface area (Å²) in [5.41, 5.74) is 4.25. The molecule has 0 unspecified atom stereocenters. The van der Waals surface area contributed by atoms with Crippen LogP contribution in [-0.2, 0) is 20.8 Å². The molecule has 35 heavy (non-hydrogen) atoms. The van der Waals surface area contributed by atoms with Crippen LogP contribution in [0.4, 0.5) is 5.69 Å². The van der Waals surface area contributed by atoms with E-state index in [-0.39, 0.29) is 24.4 Å². The summed E-state index contributed by atoms with van der Waals surface area (Å²) in [4.78, 5) is 12.0. The monoisotopic (exact) mass is 496 g/mol. The van der Waals surface area contributed by atoms with Gasteiger partial charge in [-0.2, -0.15) is 4.98 Å². The van der Waals surface area contributed by atoms with E-state index in [4.69, 9.17) is 40.5 Å². The first kappa shape index (κ1) is 22.8. The van der Waals surface area contributed by atoms with Crippen molar-refractivity contribution < 1.29 is 18.9 Å². The van der Waals surface area contributed by atoms with E-state index in [2.05, 4.69) is 35.7 Å². The molecule has 3 fully saturated rings. The number of halogens is 1.